The molecule has 1 aromatic rings. The summed E-state index contributed by atoms with van der Waals surface area (Å²) in [4.78, 5) is 8.64. The average Bonchev–Trinajstić information content (AvgIpc) is 2.26. The van der Waals surface area contributed by atoms with E-state index in [1.165, 1.54) is 0 Å². The number of hydrogen-bond acceptors (Lipinski definition) is 5. The largest absolute Gasteiger partial charge is 0.396 e. The number of aliphatic hydroxyl groups excluding tert-OH is 1. The van der Waals surface area contributed by atoms with Crippen molar-refractivity contribution in [2.24, 2.45) is 5.92 Å². The van der Waals surface area contributed by atoms with Crippen LogP contribution in [0.15, 0.2) is 6.07 Å². The molecule has 0 fully saturated rings. The van der Waals surface area contributed by atoms with Crippen molar-refractivity contribution in [1.29, 1.82) is 0 Å². The van der Waals surface area contributed by atoms with Gasteiger partial charge in [-0.25, -0.2) is 4.98 Å². The third-order valence-electron chi connectivity index (χ3n) is 2.44. The van der Waals surface area contributed by atoms with E-state index in [0.29, 0.717) is 11.9 Å². The smallest absolute Gasteiger partial charge is 0.224 e. The third kappa shape index (κ3) is 4.99. The first-order chi connectivity index (χ1) is 8.15. The van der Waals surface area contributed by atoms with Crippen molar-refractivity contribution in [2.45, 2.75) is 27.2 Å². The highest BCUT2D eigenvalue weighted by Gasteiger charge is 2.04. The number of aryl methyl sites for hydroxylation is 1. The lowest BCUT2D eigenvalue weighted by atomic mass is 10.1. The fourth-order valence-corrected chi connectivity index (χ4v) is 1.50. The molecule has 0 amide bonds. The van der Waals surface area contributed by atoms with E-state index in [4.69, 9.17) is 5.11 Å². The van der Waals surface area contributed by atoms with Gasteiger partial charge in [0.25, 0.3) is 0 Å². The van der Waals surface area contributed by atoms with E-state index >= 15 is 0 Å². The summed E-state index contributed by atoms with van der Waals surface area (Å²) in [6.07, 6.45) is 0.803. The van der Waals surface area contributed by atoms with Gasteiger partial charge in [0.2, 0.25) is 5.95 Å². The van der Waals surface area contributed by atoms with Gasteiger partial charge in [-0.1, -0.05) is 6.92 Å². The van der Waals surface area contributed by atoms with Crippen LogP contribution in [0.25, 0.3) is 0 Å². The Kier molecular flexibility index (Phi) is 5.69. The lowest BCUT2D eigenvalue weighted by Crippen LogP contribution is -2.14. The summed E-state index contributed by atoms with van der Waals surface area (Å²) in [6.45, 7) is 7.91. The van der Waals surface area contributed by atoms with E-state index in [1.807, 2.05) is 19.9 Å². The van der Waals surface area contributed by atoms with Crippen LogP contribution in [0.1, 0.15) is 26.0 Å². The van der Waals surface area contributed by atoms with E-state index in [-0.39, 0.29) is 6.61 Å². The molecule has 0 aliphatic heterocycles. The molecule has 0 aromatic carbocycles. The molecule has 1 heterocycles. The van der Waals surface area contributed by atoms with Crippen molar-refractivity contribution in [2.75, 3.05) is 30.3 Å². The van der Waals surface area contributed by atoms with Crippen LogP contribution < -0.4 is 10.6 Å². The van der Waals surface area contributed by atoms with Crippen LogP contribution in [-0.2, 0) is 0 Å². The maximum atomic E-state index is 8.83. The fourth-order valence-electron chi connectivity index (χ4n) is 1.50. The molecule has 0 aliphatic carbocycles. The predicted molar refractivity (Wildman–Crippen MR) is 70.3 cm³/mol. The van der Waals surface area contributed by atoms with Crippen molar-refractivity contribution >= 4 is 11.8 Å². The van der Waals surface area contributed by atoms with E-state index in [1.54, 1.807) is 0 Å². The van der Waals surface area contributed by atoms with E-state index in [0.717, 1.165) is 31.0 Å². The summed E-state index contributed by atoms with van der Waals surface area (Å²) in [6, 6.07) is 1.92. The number of hydrogen-bond donors (Lipinski definition) is 3. The lowest BCUT2D eigenvalue weighted by Gasteiger charge is -2.12. The molecule has 0 spiro atoms. The summed E-state index contributed by atoms with van der Waals surface area (Å²) in [7, 11) is 0. The average molecular weight is 238 g/mol. The lowest BCUT2D eigenvalue weighted by molar-refractivity contribution is 0.266. The highest BCUT2D eigenvalue weighted by molar-refractivity contribution is 5.42. The van der Waals surface area contributed by atoms with Gasteiger partial charge in [0, 0.05) is 31.5 Å². The highest BCUT2D eigenvalue weighted by atomic mass is 16.3. The first kappa shape index (κ1) is 13.7. The second-order valence-electron chi connectivity index (χ2n) is 4.25. The second kappa shape index (κ2) is 7.06. The Bertz CT molecular complexity index is 343. The molecule has 96 valence electrons. The van der Waals surface area contributed by atoms with Crippen molar-refractivity contribution in [1.82, 2.24) is 9.97 Å². The summed E-state index contributed by atoms with van der Waals surface area (Å²) in [5, 5.41) is 15.2. The monoisotopic (exact) mass is 238 g/mol. The summed E-state index contributed by atoms with van der Waals surface area (Å²) >= 11 is 0. The maximum Gasteiger partial charge on any atom is 0.224 e. The quantitative estimate of drug-likeness (QED) is 0.674. The molecule has 0 saturated heterocycles. The van der Waals surface area contributed by atoms with E-state index < -0.39 is 0 Å². The minimum absolute atomic E-state index is 0.230. The normalized spacial score (nSPS) is 12.2. The highest BCUT2D eigenvalue weighted by Crippen LogP contribution is 2.10. The van der Waals surface area contributed by atoms with Gasteiger partial charge in [-0.3, -0.25) is 0 Å². The van der Waals surface area contributed by atoms with Crippen molar-refractivity contribution in [3.8, 4) is 0 Å². The van der Waals surface area contributed by atoms with Gasteiger partial charge < -0.3 is 15.7 Å². The summed E-state index contributed by atoms with van der Waals surface area (Å²) < 4.78 is 0. The molecule has 17 heavy (non-hydrogen) atoms. The van der Waals surface area contributed by atoms with Crippen molar-refractivity contribution < 1.29 is 5.11 Å². The standard InChI is InChI=1S/C12H22N4O/c1-4-13-12-15-10(3)7-11(16-12)14-8-9(2)5-6-17/h7,9,17H,4-6,8H2,1-3H3,(H2,13,14,15,16). The first-order valence-corrected chi connectivity index (χ1v) is 6.10. The molecule has 3 N–H and O–H groups in total. The number of aromatic nitrogens is 2. The molecule has 1 aromatic heterocycles. The number of nitrogens with zero attached hydrogens (tertiary/aromatic N) is 2. The topological polar surface area (TPSA) is 70.1 Å². The van der Waals surface area contributed by atoms with Crippen molar-refractivity contribution in [3.05, 3.63) is 11.8 Å². The Morgan fingerprint density at radius 2 is 2.12 bits per heavy atom. The molecule has 1 atom stereocenters. The molecule has 1 unspecified atom stereocenters. The summed E-state index contributed by atoms with van der Waals surface area (Å²) in [5.41, 5.74) is 0.938. The number of rotatable bonds is 7. The zero-order valence-corrected chi connectivity index (χ0v) is 10.8. The van der Waals surface area contributed by atoms with Crippen LogP contribution in [0.2, 0.25) is 0 Å². The molecule has 0 bridgehead atoms. The molecule has 0 aliphatic rings. The molecule has 1 rings (SSSR count). The zero-order chi connectivity index (χ0) is 12.7. The van der Waals surface area contributed by atoms with E-state index in [9.17, 15) is 0 Å². The zero-order valence-electron chi connectivity index (χ0n) is 10.8. The number of anilines is 2. The molecule has 0 radical (unpaired) electrons. The molecular weight excluding hydrogens is 216 g/mol. The van der Waals surface area contributed by atoms with Crippen LogP contribution in [0.5, 0.6) is 0 Å². The number of nitrogens with one attached hydrogen (secondary N) is 2. The van der Waals surface area contributed by atoms with Crippen LogP contribution in [0, 0.1) is 12.8 Å². The van der Waals surface area contributed by atoms with Crippen LogP contribution in [-0.4, -0.2) is 34.8 Å². The Hall–Kier alpha value is -1.36. The van der Waals surface area contributed by atoms with Crippen LogP contribution in [0.4, 0.5) is 11.8 Å². The fraction of sp³-hybridized carbons (Fsp3) is 0.667. The Morgan fingerprint density at radius 1 is 1.35 bits per heavy atom. The van der Waals surface area contributed by atoms with Gasteiger partial charge in [0.15, 0.2) is 0 Å². The van der Waals surface area contributed by atoms with Gasteiger partial charge in [0.1, 0.15) is 5.82 Å². The Morgan fingerprint density at radius 3 is 2.76 bits per heavy atom. The maximum absolute atomic E-state index is 8.83. The minimum atomic E-state index is 0.230. The second-order valence-corrected chi connectivity index (χ2v) is 4.25. The van der Waals surface area contributed by atoms with Crippen molar-refractivity contribution in [3.63, 3.8) is 0 Å². The van der Waals surface area contributed by atoms with E-state index in [2.05, 4.69) is 27.5 Å². The van der Waals surface area contributed by atoms with Gasteiger partial charge >= 0.3 is 0 Å². The minimum Gasteiger partial charge on any atom is -0.396 e. The SMILES string of the molecule is CCNc1nc(C)cc(NCC(C)CCO)n1. The van der Waals surface area contributed by atoms with Crippen LogP contribution in [0.3, 0.4) is 0 Å². The first-order valence-electron chi connectivity index (χ1n) is 6.10. The van der Waals surface area contributed by atoms with Gasteiger partial charge in [-0.15, -0.1) is 0 Å². The molecular formula is C12H22N4O. The van der Waals surface area contributed by atoms with Gasteiger partial charge in [0.05, 0.1) is 0 Å². The molecule has 5 heteroatoms. The predicted octanol–water partition coefficient (Wildman–Crippen LogP) is 1.65. The molecule has 0 saturated carbocycles. The number of aliphatic hydroxyl groups is 1. The van der Waals surface area contributed by atoms with Gasteiger partial charge in [-0.2, -0.15) is 4.98 Å². The Balaban J connectivity index is 2.57. The Labute approximate surface area is 103 Å². The third-order valence-corrected chi connectivity index (χ3v) is 2.44. The summed E-state index contributed by atoms with van der Waals surface area (Å²) in [5.74, 6) is 1.92. The van der Waals surface area contributed by atoms with Gasteiger partial charge in [-0.05, 0) is 26.2 Å². The molecule has 5 nitrogen and oxygen atoms in total. The van der Waals surface area contributed by atoms with Crippen LogP contribution >= 0.6 is 0 Å².